The topological polar surface area (TPSA) is 56.4 Å². The van der Waals surface area contributed by atoms with E-state index in [2.05, 4.69) is 43.7 Å². The first-order valence-corrected chi connectivity index (χ1v) is 8.78. The zero-order valence-corrected chi connectivity index (χ0v) is 15.8. The van der Waals surface area contributed by atoms with Crippen molar-refractivity contribution < 1.29 is 14.0 Å². The van der Waals surface area contributed by atoms with Crippen LogP contribution in [0.25, 0.3) is 22.2 Å². The van der Waals surface area contributed by atoms with E-state index in [1.807, 2.05) is 36.7 Å². The summed E-state index contributed by atoms with van der Waals surface area (Å²) in [7, 11) is 1.25. The van der Waals surface area contributed by atoms with Gasteiger partial charge in [-0.1, -0.05) is 18.2 Å². The van der Waals surface area contributed by atoms with Crippen LogP contribution in [-0.2, 0) is 9.31 Å². The van der Waals surface area contributed by atoms with E-state index in [4.69, 9.17) is 14.0 Å². The Kier molecular flexibility index (Phi) is 3.86. The van der Waals surface area contributed by atoms with Crippen molar-refractivity contribution in [3.8, 4) is 16.9 Å². The first-order valence-electron chi connectivity index (χ1n) is 8.78. The summed E-state index contributed by atoms with van der Waals surface area (Å²) in [6.45, 7) is 8.20. The van der Waals surface area contributed by atoms with Gasteiger partial charge in [-0.25, -0.2) is 4.98 Å². The lowest BCUT2D eigenvalue weighted by Crippen LogP contribution is -2.41. The van der Waals surface area contributed by atoms with Gasteiger partial charge in [0.25, 0.3) is 0 Å². The van der Waals surface area contributed by atoms with Gasteiger partial charge >= 0.3 is 7.12 Å². The number of para-hydroxylation sites is 1. The van der Waals surface area contributed by atoms with E-state index in [1.54, 1.807) is 7.11 Å². The van der Waals surface area contributed by atoms with Crippen molar-refractivity contribution in [2.24, 2.45) is 0 Å². The van der Waals surface area contributed by atoms with Crippen molar-refractivity contribution in [3.05, 3.63) is 42.7 Å². The van der Waals surface area contributed by atoms with Gasteiger partial charge in [0.05, 0.1) is 18.3 Å². The molecule has 0 bridgehead atoms. The summed E-state index contributed by atoms with van der Waals surface area (Å²) >= 11 is 0. The molecule has 26 heavy (non-hydrogen) atoms. The lowest BCUT2D eigenvalue weighted by Gasteiger charge is -2.32. The summed E-state index contributed by atoms with van der Waals surface area (Å²) in [5.74, 6) is 0.828. The Labute approximate surface area is 153 Å². The molecule has 1 aliphatic rings. The highest BCUT2D eigenvalue weighted by molar-refractivity contribution is 6.62. The van der Waals surface area contributed by atoms with Crippen LogP contribution in [0, 0.1) is 0 Å². The number of aromatic nitrogens is 2. The van der Waals surface area contributed by atoms with E-state index in [-0.39, 0.29) is 11.2 Å². The number of rotatable bonds is 3. The number of methoxy groups -OCH3 is 1. The van der Waals surface area contributed by atoms with Crippen molar-refractivity contribution >= 4 is 23.6 Å². The Morgan fingerprint density at radius 3 is 2.42 bits per heavy atom. The van der Waals surface area contributed by atoms with Crippen molar-refractivity contribution in [1.82, 2.24) is 9.97 Å². The third-order valence-electron chi connectivity index (χ3n) is 5.47. The van der Waals surface area contributed by atoms with Crippen LogP contribution < -0.4 is 10.2 Å². The number of hydrogen-bond acceptors (Lipinski definition) is 4. The normalized spacial score (nSPS) is 18.4. The smallest absolute Gasteiger partial charge is 0.496 e. The molecule has 0 amide bonds. The second-order valence-electron chi connectivity index (χ2n) is 7.66. The third-order valence-corrected chi connectivity index (χ3v) is 5.47. The van der Waals surface area contributed by atoms with Gasteiger partial charge in [-0.05, 0) is 39.8 Å². The molecule has 0 unspecified atom stereocenters. The molecule has 4 rings (SSSR count). The summed E-state index contributed by atoms with van der Waals surface area (Å²) in [4.78, 5) is 7.81. The van der Waals surface area contributed by atoms with Gasteiger partial charge in [0, 0.05) is 34.4 Å². The molecule has 0 spiro atoms. The minimum Gasteiger partial charge on any atom is -0.496 e. The fourth-order valence-corrected chi connectivity index (χ4v) is 3.22. The number of aromatic amines is 1. The molecule has 134 valence electrons. The second-order valence-corrected chi connectivity index (χ2v) is 7.66. The molecule has 5 nitrogen and oxygen atoms in total. The quantitative estimate of drug-likeness (QED) is 0.734. The molecule has 0 radical (unpaired) electrons. The van der Waals surface area contributed by atoms with Crippen LogP contribution in [0.4, 0.5) is 0 Å². The molecule has 3 heterocycles. The number of benzene rings is 1. The van der Waals surface area contributed by atoms with Crippen LogP contribution in [0.2, 0.25) is 0 Å². The lowest BCUT2D eigenvalue weighted by molar-refractivity contribution is 0.00578. The van der Waals surface area contributed by atoms with Gasteiger partial charge < -0.3 is 19.0 Å². The van der Waals surface area contributed by atoms with Gasteiger partial charge in [0.2, 0.25) is 0 Å². The number of nitrogens with one attached hydrogen (secondary N) is 1. The summed E-state index contributed by atoms with van der Waals surface area (Å²) in [5, 5.41) is 1.02. The molecular formula is C20H23BN2O3. The Balaban J connectivity index is 1.79. The second kappa shape index (κ2) is 5.86. The lowest BCUT2D eigenvalue weighted by atomic mass is 9.79. The number of ether oxygens (including phenoxy) is 1. The number of hydrogen-bond donors (Lipinski definition) is 1. The van der Waals surface area contributed by atoms with Crippen LogP contribution in [-0.4, -0.2) is 35.4 Å². The fourth-order valence-electron chi connectivity index (χ4n) is 3.22. The van der Waals surface area contributed by atoms with Crippen LogP contribution >= 0.6 is 0 Å². The van der Waals surface area contributed by atoms with Crippen LogP contribution in [0.1, 0.15) is 27.7 Å². The van der Waals surface area contributed by atoms with Gasteiger partial charge in [0.15, 0.2) is 0 Å². The molecule has 0 atom stereocenters. The molecule has 1 aromatic carbocycles. The highest BCUT2D eigenvalue weighted by atomic mass is 16.7. The first kappa shape index (κ1) is 17.1. The van der Waals surface area contributed by atoms with E-state index in [9.17, 15) is 0 Å². The minimum absolute atomic E-state index is 0.379. The molecule has 1 saturated heterocycles. The van der Waals surface area contributed by atoms with Crippen molar-refractivity contribution in [2.45, 2.75) is 38.9 Å². The summed E-state index contributed by atoms with van der Waals surface area (Å²) in [6.07, 6.45) is 3.77. The maximum Gasteiger partial charge on any atom is 0.496 e. The predicted molar refractivity (Wildman–Crippen MR) is 104 cm³/mol. The number of fused-ring (bicyclic) bond motifs is 1. The molecule has 2 aromatic heterocycles. The zero-order chi connectivity index (χ0) is 18.5. The Morgan fingerprint density at radius 1 is 1.04 bits per heavy atom. The largest absolute Gasteiger partial charge is 0.496 e. The molecule has 0 saturated carbocycles. The third kappa shape index (κ3) is 2.61. The van der Waals surface area contributed by atoms with E-state index < -0.39 is 7.12 Å². The zero-order valence-electron chi connectivity index (χ0n) is 15.8. The monoisotopic (exact) mass is 350 g/mol. The maximum absolute atomic E-state index is 6.17. The van der Waals surface area contributed by atoms with Crippen LogP contribution in [0.3, 0.4) is 0 Å². The van der Waals surface area contributed by atoms with Gasteiger partial charge in [-0.2, -0.15) is 0 Å². The van der Waals surface area contributed by atoms with E-state index in [0.29, 0.717) is 0 Å². The Hall–Kier alpha value is -2.31. The molecule has 1 fully saturated rings. The Morgan fingerprint density at radius 2 is 1.73 bits per heavy atom. The molecular weight excluding hydrogens is 327 g/mol. The highest BCUT2D eigenvalue weighted by Crippen LogP contribution is 2.37. The standard InChI is InChI=1S/C20H23BN2O3/c1-19(2)20(3,4)26-21(25-19)13-10-15-16(12-23-18(15)22-11-13)14-8-6-7-9-17(14)24-5/h6-12H,1-5H3,(H,22,23). The summed E-state index contributed by atoms with van der Waals surface area (Å²) < 4.78 is 17.9. The summed E-state index contributed by atoms with van der Waals surface area (Å²) in [5.41, 5.74) is 3.04. The average Bonchev–Trinajstić information content (AvgIpc) is 3.12. The highest BCUT2D eigenvalue weighted by Gasteiger charge is 2.51. The van der Waals surface area contributed by atoms with Crippen molar-refractivity contribution in [2.75, 3.05) is 7.11 Å². The van der Waals surface area contributed by atoms with Gasteiger partial charge in [-0.15, -0.1) is 0 Å². The van der Waals surface area contributed by atoms with E-state index in [0.717, 1.165) is 33.4 Å². The maximum atomic E-state index is 6.17. The molecule has 3 aromatic rings. The van der Waals surface area contributed by atoms with Crippen molar-refractivity contribution in [3.63, 3.8) is 0 Å². The van der Waals surface area contributed by atoms with Gasteiger partial charge in [0.1, 0.15) is 11.4 Å². The van der Waals surface area contributed by atoms with Crippen LogP contribution in [0.5, 0.6) is 5.75 Å². The fraction of sp³-hybridized carbons (Fsp3) is 0.350. The molecule has 1 aliphatic heterocycles. The molecule has 1 N–H and O–H groups in total. The molecule has 6 heteroatoms. The van der Waals surface area contributed by atoms with Crippen LogP contribution in [0.15, 0.2) is 42.7 Å². The van der Waals surface area contributed by atoms with E-state index >= 15 is 0 Å². The average molecular weight is 350 g/mol. The first-order chi connectivity index (χ1) is 12.3. The minimum atomic E-state index is -0.433. The number of nitrogens with zero attached hydrogens (tertiary/aromatic N) is 1. The predicted octanol–water partition coefficient (Wildman–Crippen LogP) is 3.54. The van der Waals surface area contributed by atoms with Crippen molar-refractivity contribution in [1.29, 1.82) is 0 Å². The number of pyridine rings is 1. The van der Waals surface area contributed by atoms with Gasteiger partial charge in [-0.3, -0.25) is 0 Å². The SMILES string of the molecule is COc1ccccc1-c1c[nH]c2ncc(B3OC(C)(C)C(C)(C)O3)cc12. The number of H-pyrrole nitrogens is 1. The Bertz CT molecular complexity index is 949. The van der Waals surface area contributed by atoms with E-state index in [1.165, 1.54) is 0 Å². The summed E-state index contributed by atoms with van der Waals surface area (Å²) in [6, 6.07) is 10.1. The molecule has 0 aliphatic carbocycles.